The fourth-order valence-corrected chi connectivity index (χ4v) is 3.33. The minimum atomic E-state index is -0.890. The van der Waals surface area contributed by atoms with Crippen molar-refractivity contribution in [2.24, 2.45) is 7.05 Å². The van der Waals surface area contributed by atoms with Crippen molar-refractivity contribution >= 4 is 22.6 Å². The molecule has 0 amide bonds. The standard InChI is InChI=1S/C23H16ClN3O2/c1-3-17-5-4-6-20(26-17)18-12-21(28)27(2)23-19(18)11-15(13-25-23)22(29)14-7-9-16(24)10-8-14/h1,4-13,22,29H,2H3. The fourth-order valence-electron chi connectivity index (χ4n) is 3.21. The third-order valence-electron chi connectivity index (χ3n) is 4.77. The lowest BCUT2D eigenvalue weighted by atomic mass is 10.00. The average molecular weight is 402 g/mol. The molecular weight excluding hydrogens is 386 g/mol. The van der Waals surface area contributed by atoms with Crippen LogP contribution in [0.5, 0.6) is 0 Å². The Labute approximate surface area is 172 Å². The number of nitrogens with zero attached hydrogens (tertiary/aromatic N) is 3. The summed E-state index contributed by atoms with van der Waals surface area (Å²) in [7, 11) is 1.65. The molecule has 3 heterocycles. The number of halogens is 1. The van der Waals surface area contributed by atoms with E-state index in [1.54, 1.807) is 55.7 Å². The number of benzene rings is 1. The second kappa shape index (κ2) is 7.51. The molecule has 3 aromatic heterocycles. The van der Waals surface area contributed by atoms with Gasteiger partial charge in [0, 0.05) is 40.8 Å². The highest BCUT2D eigenvalue weighted by atomic mass is 35.5. The van der Waals surface area contributed by atoms with E-state index in [9.17, 15) is 9.90 Å². The molecule has 4 aromatic rings. The van der Waals surface area contributed by atoms with Gasteiger partial charge in [0.05, 0.1) is 5.69 Å². The molecule has 6 heteroatoms. The summed E-state index contributed by atoms with van der Waals surface area (Å²) in [5.74, 6) is 2.51. The number of hydrogen-bond donors (Lipinski definition) is 1. The zero-order valence-electron chi connectivity index (χ0n) is 15.5. The number of aryl methyl sites for hydroxylation is 1. The monoisotopic (exact) mass is 401 g/mol. The third-order valence-corrected chi connectivity index (χ3v) is 5.02. The van der Waals surface area contributed by atoms with Crippen LogP contribution in [0.3, 0.4) is 0 Å². The Bertz CT molecular complexity index is 1320. The van der Waals surface area contributed by atoms with Crippen LogP contribution in [-0.4, -0.2) is 19.6 Å². The number of aromatic nitrogens is 3. The van der Waals surface area contributed by atoms with Crippen LogP contribution in [0.4, 0.5) is 0 Å². The quantitative estimate of drug-likeness (QED) is 0.531. The Morgan fingerprint density at radius 3 is 2.62 bits per heavy atom. The molecule has 0 aliphatic heterocycles. The number of pyridine rings is 3. The largest absolute Gasteiger partial charge is 0.384 e. The van der Waals surface area contributed by atoms with E-state index >= 15 is 0 Å². The molecule has 0 saturated carbocycles. The summed E-state index contributed by atoms with van der Waals surface area (Å²) < 4.78 is 1.46. The lowest BCUT2D eigenvalue weighted by Gasteiger charge is -2.15. The van der Waals surface area contributed by atoms with Crippen LogP contribution in [0.2, 0.25) is 5.02 Å². The van der Waals surface area contributed by atoms with Crippen LogP contribution in [0.1, 0.15) is 22.9 Å². The highest BCUT2D eigenvalue weighted by molar-refractivity contribution is 6.30. The molecule has 0 spiro atoms. The second-order valence-corrected chi connectivity index (χ2v) is 7.04. The number of rotatable bonds is 3. The van der Waals surface area contributed by atoms with Crippen molar-refractivity contribution < 1.29 is 5.11 Å². The van der Waals surface area contributed by atoms with Crippen LogP contribution >= 0.6 is 11.6 Å². The topological polar surface area (TPSA) is 68.0 Å². The molecule has 1 aromatic carbocycles. The van der Waals surface area contributed by atoms with Gasteiger partial charge < -0.3 is 5.11 Å². The van der Waals surface area contributed by atoms with Gasteiger partial charge in [0.25, 0.3) is 5.56 Å². The van der Waals surface area contributed by atoms with Crippen molar-refractivity contribution in [1.82, 2.24) is 14.5 Å². The van der Waals surface area contributed by atoms with Crippen LogP contribution in [0, 0.1) is 12.3 Å². The van der Waals surface area contributed by atoms with E-state index in [1.807, 2.05) is 6.07 Å². The van der Waals surface area contributed by atoms with E-state index in [0.29, 0.717) is 44.1 Å². The molecule has 0 fully saturated rings. The van der Waals surface area contributed by atoms with E-state index in [4.69, 9.17) is 18.0 Å². The van der Waals surface area contributed by atoms with Gasteiger partial charge in [0.2, 0.25) is 0 Å². The highest BCUT2D eigenvalue weighted by Gasteiger charge is 2.16. The molecule has 1 N–H and O–H groups in total. The Morgan fingerprint density at radius 2 is 1.90 bits per heavy atom. The molecule has 1 unspecified atom stereocenters. The number of aliphatic hydroxyl groups excluding tert-OH is 1. The van der Waals surface area contributed by atoms with E-state index in [2.05, 4.69) is 15.9 Å². The molecule has 0 aliphatic rings. The summed E-state index contributed by atoms with van der Waals surface area (Å²) in [4.78, 5) is 21.3. The van der Waals surface area contributed by atoms with Crippen molar-refractivity contribution in [3.8, 4) is 23.6 Å². The first-order valence-electron chi connectivity index (χ1n) is 8.85. The van der Waals surface area contributed by atoms with E-state index in [1.165, 1.54) is 10.6 Å². The van der Waals surface area contributed by atoms with E-state index in [0.717, 1.165) is 0 Å². The Hall–Kier alpha value is -3.46. The number of terminal acetylenes is 1. The zero-order chi connectivity index (χ0) is 20.5. The Morgan fingerprint density at radius 1 is 1.14 bits per heavy atom. The molecule has 0 radical (unpaired) electrons. The summed E-state index contributed by atoms with van der Waals surface area (Å²) in [5, 5.41) is 12.1. The molecule has 0 bridgehead atoms. The van der Waals surface area contributed by atoms with Gasteiger partial charge in [-0.2, -0.15) is 0 Å². The summed E-state index contributed by atoms with van der Waals surface area (Å²) in [6.07, 6.45) is 6.15. The number of fused-ring (bicyclic) bond motifs is 1. The molecular formula is C23H16ClN3O2. The maximum Gasteiger partial charge on any atom is 0.252 e. The minimum absolute atomic E-state index is 0.209. The van der Waals surface area contributed by atoms with Gasteiger partial charge in [0.1, 0.15) is 17.4 Å². The number of aliphatic hydroxyl groups is 1. The van der Waals surface area contributed by atoms with Gasteiger partial charge in [-0.05, 0) is 35.9 Å². The van der Waals surface area contributed by atoms with Crippen molar-refractivity contribution in [2.45, 2.75) is 6.10 Å². The molecule has 1 atom stereocenters. The third kappa shape index (κ3) is 3.52. The SMILES string of the molecule is C#Cc1cccc(-c2cc(=O)n(C)c3ncc(C(O)c4ccc(Cl)cc4)cc23)n1. The van der Waals surface area contributed by atoms with Crippen LogP contribution in [-0.2, 0) is 7.05 Å². The van der Waals surface area contributed by atoms with Crippen molar-refractivity contribution in [3.05, 3.63) is 93.0 Å². The smallest absolute Gasteiger partial charge is 0.252 e. The molecule has 29 heavy (non-hydrogen) atoms. The van der Waals surface area contributed by atoms with Crippen LogP contribution < -0.4 is 5.56 Å². The molecule has 5 nitrogen and oxygen atoms in total. The number of hydrogen-bond acceptors (Lipinski definition) is 4. The predicted octanol–water partition coefficient (Wildman–Crippen LogP) is 3.71. The summed E-state index contributed by atoms with van der Waals surface area (Å²) in [6.45, 7) is 0. The minimum Gasteiger partial charge on any atom is -0.384 e. The van der Waals surface area contributed by atoms with Crippen LogP contribution in [0.25, 0.3) is 22.3 Å². The molecule has 142 valence electrons. The maximum absolute atomic E-state index is 12.4. The fraction of sp³-hybridized carbons (Fsp3) is 0.0870. The van der Waals surface area contributed by atoms with Crippen LogP contribution in [0.15, 0.2) is 65.6 Å². The summed E-state index contributed by atoms with van der Waals surface area (Å²) in [6, 6.07) is 15.6. The average Bonchev–Trinajstić information content (AvgIpc) is 2.76. The first-order chi connectivity index (χ1) is 14.0. The first-order valence-corrected chi connectivity index (χ1v) is 9.23. The van der Waals surface area contributed by atoms with Gasteiger partial charge >= 0.3 is 0 Å². The highest BCUT2D eigenvalue weighted by Crippen LogP contribution is 2.29. The van der Waals surface area contributed by atoms with Crippen molar-refractivity contribution in [3.63, 3.8) is 0 Å². The van der Waals surface area contributed by atoms with Gasteiger partial charge in [-0.15, -0.1) is 6.42 Å². The second-order valence-electron chi connectivity index (χ2n) is 6.60. The van der Waals surface area contributed by atoms with Gasteiger partial charge in [-0.1, -0.05) is 35.7 Å². The van der Waals surface area contributed by atoms with Gasteiger partial charge in [-0.25, -0.2) is 9.97 Å². The van der Waals surface area contributed by atoms with Gasteiger partial charge in [0.15, 0.2) is 0 Å². The molecule has 0 aliphatic carbocycles. The summed E-state index contributed by atoms with van der Waals surface area (Å²) in [5.41, 5.74) is 3.22. The van der Waals surface area contributed by atoms with Crippen molar-refractivity contribution in [1.29, 1.82) is 0 Å². The first kappa shape index (κ1) is 18.9. The van der Waals surface area contributed by atoms with E-state index in [-0.39, 0.29) is 5.56 Å². The van der Waals surface area contributed by atoms with E-state index < -0.39 is 6.10 Å². The Kier molecular flexibility index (Phi) is 4.89. The maximum atomic E-state index is 12.4. The Balaban J connectivity index is 1.93. The zero-order valence-corrected chi connectivity index (χ0v) is 16.3. The molecule has 4 rings (SSSR count). The lowest BCUT2D eigenvalue weighted by Crippen LogP contribution is -2.17. The predicted molar refractivity (Wildman–Crippen MR) is 114 cm³/mol. The van der Waals surface area contributed by atoms with Crippen molar-refractivity contribution in [2.75, 3.05) is 0 Å². The summed E-state index contributed by atoms with van der Waals surface area (Å²) >= 11 is 5.94. The normalized spacial score (nSPS) is 11.9. The lowest BCUT2D eigenvalue weighted by molar-refractivity contribution is 0.220. The molecule has 0 saturated heterocycles. The van der Waals surface area contributed by atoms with Gasteiger partial charge in [-0.3, -0.25) is 9.36 Å².